The minimum Gasteiger partial charge on any atom is -0.313 e. The predicted molar refractivity (Wildman–Crippen MR) is 59.4 cm³/mol. The van der Waals surface area contributed by atoms with E-state index in [1.54, 1.807) is 0 Å². The fraction of sp³-hybridized carbons (Fsp3) is 1.00. The summed E-state index contributed by atoms with van der Waals surface area (Å²) in [6.45, 7) is 5.66. The van der Waals surface area contributed by atoms with E-state index in [9.17, 15) is 0 Å². The van der Waals surface area contributed by atoms with Gasteiger partial charge in [0.25, 0.3) is 0 Å². The van der Waals surface area contributed by atoms with E-state index in [0.29, 0.717) is 11.4 Å². The van der Waals surface area contributed by atoms with Crippen LogP contribution >= 0.6 is 11.6 Å². The van der Waals surface area contributed by atoms with Crippen molar-refractivity contribution in [2.75, 3.05) is 6.54 Å². The lowest BCUT2D eigenvalue weighted by atomic mass is 9.95. The lowest BCUT2D eigenvalue weighted by Crippen LogP contribution is -2.40. The molecule has 1 saturated carbocycles. The summed E-state index contributed by atoms with van der Waals surface area (Å²) in [5.41, 5.74) is 0. The molecule has 13 heavy (non-hydrogen) atoms. The Morgan fingerprint density at radius 2 is 2.00 bits per heavy atom. The number of halogens is 1. The van der Waals surface area contributed by atoms with Crippen molar-refractivity contribution in [3.8, 4) is 0 Å². The van der Waals surface area contributed by atoms with Crippen LogP contribution < -0.4 is 5.32 Å². The minimum atomic E-state index is 0.376. The minimum absolute atomic E-state index is 0.376. The van der Waals surface area contributed by atoms with Gasteiger partial charge in [-0.2, -0.15) is 0 Å². The van der Waals surface area contributed by atoms with Crippen LogP contribution in [0.3, 0.4) is 0 Å². The van der Waals surface area contributed by atoms with Crippen LogP contribution in [0.2, 0.25) is 0 Å². The van der Waals surface area contributed by atoms with E-state index in [0.717, 1.165) is 12.5 Å². The van der Waals surface area contributed by atoms with Gasteiger partial charge in [-0.05, 0) is 31.7 Å². The van der Waals surface area contributed by atoms with Gasteiger partial charge in [-0.25, -0.2) is 0 Å². The van der Waals surface area contributed by atoms with Crippen molar-refractivity contribution in [1.82, 2.24) is 5.32 Å². The van der Waals surface area contributed by atoms with E-state index >= 15 is 0 Å². The number of rotatable bonds is 4. The maximum Gasteiger partial charge on any atom is 0.0489 e. The van der Waals surface area contributed by atoms with Crippen molar-refractivity contribution in [3.05, 3.63) is 0 Å². The number of hydrogen-bond donors (Lipinski definition) is 1. The molecule has 0 amide bonds. The van der Waals surface area contributed by atoms with Crippen LogP contribution in [0.15, 0.2) is 0 Å². The van der Waals surface area contributed by atoms with E-state index < -0.39 is 0 Å². The molecule has 1 rings (SSSR count). The number of hydrogen-bond acceptors (Lipinski definition) is 1. The first-order valence-corrected chi connectivity index (χ1v) is 6.01. The maximum atomic E-state index is 6.24. The van der Waals surface area contributed by atoms with E-state index in [4.69, 9.17) is 11.6 Å². The molecular formula is C11H22ClN. The molecule has 1 aliphatic carbocycles. The average molecular weight is 204 g/mol. The molecule has 1 nitrogen and oxygen atoms in total. The van der Waals surface area contributed by atoms with Gasteiger partial charge >= 0.3 is 0 Å². The summed E-state index contributed by atoms with van der Waals surface area (Å²) in [5, 5.41) is 3.95. The fourth-order valence-corrected chi connectivity index (χ4v) is 2.24. The average Bonchev–Trinajstić information content (AvgIpc) is 2.08. The molecule has 2 heteroatoms. The monoisotopic (exact) mass is 203 g/mol. The van der Waals surface area contributed by atoms with Crippen molar-refractivity contribution in [3.63, 3.8) is 0 Å². The summed E-state index contributed by atoms with van der Waals surface area (Å²) in [4.78, 5) is 0. The standard InChI is InChI=1S/C11H22ClN/c1-9(2)7-8-13-11-6-4-3-5-10(11)12/h9-11,13H,3-8H2,1-2H3. The first kappa shape index (κ1) is 11.3. The molecule has 0 radical (unpaired) electrons. The van der Waals surface area contributed by atoms with Gasteiger partial charge in [0.05, 0.1) is 0 Å². The Morgan fingerprint density at radius 1 is 1.31 bits per heavy atom. The van der Waals surface area contributed by atoms with Crippen molar-refractivity contribution >= 4 is 11.6 Å². The quantitative estimate of drug-likeness (QED) is 0.693. The van der Waals surface area contributed by atoms with Crippen molar-refractivity contribution in [2.24, 2.45) is 5.92 Å². The predicted octanol–water partition coefficient (Wildman–Crippen LogP) is 3.17. The molecule has 0 saturated heterocycles. The van der Waals surface area contributed by atoms with Gasteiger partial charge in [0.1, 0.15) is 0 Å². The molecule has 0 aromatic heterocycles. The summed E-state index contributed by atoms with van der Waals surface area (Å²) < 4.78 is 0. The van der Waals surface area contributed by atoms with E-state index in [-0.39, 0.29) is 0 Å². The molecule has 1 fully saturated rings. The van der Waals surface area contributed by atoms with Crippen molar-refractivity contribution < 1.29 is 0 Å². The Labute approximate surface area is 87.2 Å². The second-order valence-corrected chi connectivity index (χ2v) is 5.10. The van der Waals surface area contributed by atoms with E-state index in [2.05, 4.69) is 19.2 Å². The van der Waals surface area contributed by atoms with Crippen molar-refractivity contribution in [1.29, 1.82) is 0 Å². The van der Waals surface area contributed by atoms with Gasteiger partial charge in [0, 0.05) is 11.4 Å². The molecule has 0 spiro atoms. The Kier molecular flexibility index (Phi) is 5.12. The first-order valence-electron chi connectivity index (χ1n) is 5.57. The Morgan fingerprint density at radius 3 is 2.62 bits per heavy atom. The second-order valence-electron chi connectivity index (χ2n) is 4.54. The molecule has 2 unspecified atom stereocenters. The van der Waals surface area contributed by atoms with Crippen LogP contribution in [0.25, 0.3) is 0 Å². The van der Waals surface area contributed by atoms with Gasteiger partial charge in [-0.15, -0.1) is 11.6 Å². The molecule has 0 aliphatic heterocycles. The third-order valence-electron chi connectivity index (χ3n) is 2.81. The SMILES string of the molecule is CC(C)CCNC1CCCCC1Cl. The summed E-state index contributed by atoms with van der Waals surface area (Å²) in [6, 6.07) is 0.578. The van der Waals surface area contributed by atoms with Gasteiger partial charge in [0.15, 0.2) is 0 Å². The third-order valence-corrected chi connectivity index (χ3v) is 3.33. The largest absolute Gasteiger partial charge is 0.313 e. The normalized spacial score (nSPS) is 29.5. The molecule has 0 heterocycles. The molecule has 1 aliphatic rings. The van der Waals surface area contributed by atoms with Crippen LogP contribution in [0, 0.1) is 5.92 Å². The van der Waals surface area contributed by atoms with Crippen LogP contribution in [0.4, 0.5) is 0 Å². The zero-order valence-corrected chi connectivity index (χ0v) is 9.61. The van der Waals surface area contributed by atoms with Crippen LogP contribution in [-0.2, 0) is 0 Å². The van der Waals surface area contributed by atoms with Gasteiger partial charge in [-0.3, -0.25) is 0 Å². The summed E-state index contributed by atoms with van der Waals surface area (Å²) in [5.74, 6) is 0.796. The highest BCUT2D eigenvalue weighted by atomic mass is 35.5. The Balaban J connectivity index is 2.11. The molecule has 2 atom stereocenters. The van der Waals surface area contributed by atoms with Crippen LogP contribution in [0.5, 0.6) is 0 Å². The fourth-order valence-electron chi connectivity index (χ4n) is 1.87. The maximum absolute atomic E-state index is 6.24. The molecule has 78 valence electrons. The zero-order chi connectivity index (χ0) is 9.68. The van der Waals surface area contributed by atoms with Crippen molar-refractivity contribution in [2.45, 2.75) is 57.4 Å². The lowest BCUT2D eigenvalue weighted by molar-refractivity contribution is 0.369. The van der Waals surface area contributed by atoms with Crippen LogP contribution in [-0.4, -0.2) is 18.0 Å². The molecule has 1 N–H and O–H groups in total. The molecule has 0 bridgehead atoms. The zero-order valence-electron chi connectivity index (χ0n) is 8.85. The lowest BCUT2D eigenvalue weighted by Gasteiger charge is -2.28. The molecule has 0 aromatic rings. The number of alkyl halides is 1. The highest BCUT2D eigenvalue weighted by Gasteiger charge is 2.21. The number of nitrogens with one attached hydrogen (secondary N) is 1. The smallest absolute Gasteiger partial charge is 0.0489 e. The first-order chi connectivity index (χ1) is 6.20. The molecule has 0 aromatic carbocycles. The second kappa shape index (κ2) is 5.87. The Bertz CT molecular complexity index is 136. The van der Waals surface area contributed by atoms with E-state index in [1.165, 1.54) is 32.1 Å². The van der Waals surface area contributed by atoms with Gasteiger partial charge < -0.3 is 5.32 Å². The van der Waals surface area contributed by atoms with Gasteiger partial charge in [-0.1, -0.05) is 26.7 Å². The highest BCUT2D eigenvalue weighted by molar-refractivity contribution is 6.21. The highest BCUT2D eigenvalue weighted by Crippen LogP contribution is 2.22. The van der Waals surface area contributed by atoms with E-state index in [1.807, 2.05) is 0 Å². The Hall–Kier alpha value is 0.250. The molecular weight excluding hydrogens is 182 g/mol. The summed E-state index contributed by atoms with van der Waals surface area (Å²) in [6.07, 6.45) is 6.40. The summed E-state index contributed by atoms with van der Waals surface area (Å²) >= 11 is 6.24. The van der Waals surface area contributed by atoms with Crippen LogP contribution in [0.1, 0.15) is 46.0 Å². The third kappa shape index (κ3) is 4.33. The summed E-state index contributed by atoms with van der Waals surface area (Å²) in [7, 11) is 0. The topological polar surface area (TPSA) is 12.0 Å². The van der Waals surface area contributed by atoms with Gasteiger partial charge in [0.2, 0.25) is 0 Å².